The van der Waals surface area contributed by atoms with E-state index >= 15 is 0 Å². The summed E-state index contributed by atoms with van der Waals surface area (Å²) < 4.78 is 10.7. The lowest BCUT2D eigenvalue weighted by Crippen LogP contribution is -2.05. The van der Waals surface area contributed by atoms with Crippen molar-refractivity contribution in [1.82, 2.24) is 0 Å². The molecule has 0 unspecified atom stereocenters. The molecule has 0 saturated heterocycles. The van der Waals surface area contributed by atoms with Gasteiger partial charge in [-0.2, -0.15) is 0 Å². The van der Waals surface area contributed by atoms with Gasteiger partial charge in [-0.15, -0.1) is 12.4 Å². The summed E-state index contributed by atoms with van der Waals surface area (Å²) in [6.07, 6.45) is 1.74. The van der Waals surface area contributed by atoms with Crippen LogP contribution < -0.4 is 15.2 Å². The lowest BCUT2D eigenvalue weighted by molar-refractivity contribution is 0.395. The molecule has 0 bridgehead atoms. The third-order valence-corrected chi connectivity index (χ3v) is 2.48. The highest BCUT2D eigenvalue weighted by Gasteiger charge is 2.09. The Labute approximate surface area is 103 Å². The van der Waals surface area contributed by atoms with E-state index in [0.29, 0.717) is 6.54 Å². The van der Waals surface area contributed by atoms with Gasteiger partial charge in [0.1, 0.15) is 11.5 Å². The molecule has 0 radical (unpaired) electrons. The molecule has 0 spiro atoms. The van der Waals surface area contributed by atoms with Crippen molar-refractivity contribution in [2.75, 3.05) is 20.8 Å². The first-order valence-corrected chi connectivity index (χ1v) is 5.20. The Balaban J connectivity index is 0.00000225. The number of rotatable bonds is 5. The van der Waals surface area contributed by atoms with Crippen molar-refractivity contribution in [3.63, 3.8) is 0 Å². The van der Waals surface area contributed by atoms with Gasteiger partial charge in [0.25, 0.3) is 0 Å². The zero-order valence-electron chi connectivity index (χ0n) is 10.1. The van der Waals surface area contributed by atoms with Crippen LogP contribution in [0, 0.1) is 0 Å². The molecule has 4 heteroatoms. The van der Waals surface area contributed by atoms with Crippen LogP contribution in [0.5, 0.6) is 11.5 Å². The Bertz CT molecular complexity index is 329. The van der Waals surface area contributed by atoms with Crippen molar-refractivity contribution in [2.24, 2.45) is 5.73 Å². The maximum absolute atomic E-state index is 5.55. The summed E-state index contributed by atoms with van der Waals surface area (Å²) in [5.41, 5.74) is 7.82. The topological polar surface area (TPSA) is 44.5 Å². The molecule has 0 saturated carbocycles. The monoisotopic (exact) mass is 245 g/mol. The van der Waals surface area contributed by atoms with Gasteiger partial charge in [-0.05, 0) is 42.6 Å². The fourth-order valence-electron chi connectivity index (χ4n) is 1.65. The van der Waals surface area contributed by atoms with E-state index in [1.54, 1.807) is 14.2 Å². The molecule has 1 aromatic carbocycles. The van der Waals surface area contributed by atoms with Crippen molar-refractivity contribution < 1.29 is 9.47 Å². The number of hydrogen-bond donors (Lipinski definition) is 1. The van der Waals surface area contributed by atoms with Crippen LogP contribution in [0.1, 0.15) is 18.1 Å². The van der Waals surface area contributed by atoms with E-state index in [4.69, 9.17) is 15.2 Å². The molecular formula is C12H20ClNO2. The minimum atomic E-state index is 0. The van der Waals surface area contributed by atoms with Gasteiger partial charge in [-0.3, -0.25) is 0 Å². The van der Waals surface area contributed by atoms with E-state index in [1.807, 2.05) is 12.1 Å². The first-order chi connectivity index (χ1) is 7.26. The Morgan fingerprint density at radius 2 is 1.56 bits per heavy atom. The second kappa shape index (κ2) is 7.36. The summed E-state index contributed by atoms with van der Waals surface area (Å²) >= 11 is 0. The lowest BCUT2D eigenvalue weighted by atomic mass is 10.0. The molecule has 2 N–H and O–H groups in total. The van der Waals surface area contributed by atoms with Gasteiger partial charge in [-0.25, -0.2) is 0 Å². The molecule has 92 valence electrons. The standard InChI is InChI=1S/C12H19NO2.ClH/c1-4-9-7-12(15-3)10(5-6-13)8-11(9)14-2;/h7-8H,4-6,13H2,1-3H3;1H. The molecule has 3 nitrogen and oxygen atoms in total. The van der Waals surface area contributed by atoms with Crippen molar-refractivity contribution in [2.45, 2.75) is 19.8 Å². The predicted octanol–water partition coefficient (Wildman–Crippen LogP) is 2.19. The second-order valence-corrected chi connectivity index (χ2v) is 3.37. The highest BCUT2D eigenvalue weighted by atomic mass is 35.5. The third-order valence-electron chi connectivity index (χ3n) is 2.48. The Morgan fingerprint density at radius 3 is 2.00 bits per heavy atom. The van der Waals surface area contributed by atoms with Crippen molar-refractivity contribution >= 4 is 12.4 Å². The summed E-state index contributed by atoms with van der Waals surface area (Å²) in [4.78, 5) is 0. The molecule has 0 atom stereocenters. The molecule has 0 aliphatic heterocycles. The molecular weight excluding hydrogens is 226 g/mol. The average Bonchev–Trinajstić information content (AvgIpc) is 2.28. The molecule has 16 heavy (non-hydrogen) atoms. The van der Waals surface area contributed by atoms with Crippen LogP contribution in [-0.4, -0.2) is 20.8 Å². The maximum atomic E-state index is 5.55. The van der Waals surface area contributed by atoms with Gasteiger partial charge in [0.15, 0.2) is 0 Å². The molecule has 0 aromatic heterocycles. The number of aryl methyl sites for hydroxylation is 1. The number of halogens is 1. The molecule has 0 amide bonds. The summed E-state index contributed by atoms with van der Waals surface area (Å²) in [6.45, 7) is 2.71. The van der Waals surface area contributed by atoms with E-state index in [1.165, 1.54) is 0 Å². The van der Waals surface area contributed by atoms with E-state index in [2.05, 4.69) is 6.92 Å². The van der Waals surface area contributed by atoms with Crippen LogP contribution in [0.15, 0.2) is 12.1 Å². The fraction of sp³-hybridized carbons (Fsp3) is 0.500. The zero-order valence-corrected chi connectivity index (χ0v) is 10.9. The quantitative estimate of drug-likeness (QED) is 0.865. The van der Waals surface area contributed by atoms with Crippen molar-refractivity contribution in [3.8, 4) is 11.5 Å². The smallest absolute Gasteiger partial charge is 0.122 e. The zero-order chi connectivity index (χ0) is 11.3. The second-order valence-electron chi connectivity index (χ2n) is 3.37. The van der Waals surface area contributed by atoms with E-state index in [0.717, 1.165) is 35.5 Å². The number of hydrogen-bond acceptors (Lipinski definition) is 3. The molecule has 0 aliphatic rings. The maximum Gasteiger partial charge on any atom is 0.122 e. The van der Waals surface area contributed by atoms with E-state index in [9.17, 15) is 0 Å². The Kier molecular flexibility index (Phi) is 6.93. The van der Waals surface area contributed by atoms with E-state index in [-0.39, 0.29) is 12.4 Å². The normalized spacial score (nSPS) is 9.50. The molecule has 0 aliphatic carbocycles. The number of ether oxygens (including phenoxy) is 2. The molecule has 0 fully saturated rings. The summed E-state index contributed by atoms with van der Waals surface area (Å²) in [5, 5.41) is 0. The summed E-state index contributed by atoms with van der Waals surface area (Å²) in [6, 6.07) is 4.05. The average molecular weight is 246 g/mol. The highest BCUT2D eigenvalue weighted by Crippen LogP contribution is 2.29. The molecule has 1 aromatic rings. The summed E-state index contributed by atoms with van der Waals surface area (Å²) in [7, 11) is 3.37. The predicted molar refractivity (Wildman–Crippen MR) is 68.9 cm³/mol. The Morgan fingerprint density at radius 1 is 1.06 bits per heavy atom. The summed E-state index contributed by atoms with van der Waals surface area (Å²) in [5.74, 6) is 1.82. The fourth-order valence-corrected chi connectivity index (χ4v) is 1.65. The number of nitrogens with two attached hydrogens (primary N) is 1. The SMILES string of the molecule is CCc1cc(OC)c(CCN)cc1OC.Cl. The minimum absolute atomic E-state index is 0. The van der Waals surface area contributed by atoms with Crippen LogP contribution >= 0.6 is 12.4 Å². The van der Waals surface area contributed by atoms with Crippen LogP contribution in [0.4, 0.5) is 0 Å². The van der Waals surface area contributed by atoms with Crippen molar-refractivity contribution in [3.05, 3.63) is 23.3 Å². The molecule has 0 heterocycles. The van der Waals surface area contributed by atoms with Gasteiger partial charge in [0.2, 0.25) is 0 Å². The lowest BCUT2D eigenvalue weighted by Gasteiger charge is -2.13. The first-order valence-electron chi connectivity index (χ1n) is 5.20. The van der Waals surface area contributed by atoms with Gasteiger partial charge in [0, 0.05) is 0 Å². The largest absolute Gasteiger partial charge is 0.496 e. The minimum Gasteiger partial charge on any atom is -0.496 e. The van der Waals surface area contributed by atoms with Crippen LogP contribution in [-0.2, 0) is 12.8 Å². The number of methoxy groups -OCH3 is 2. The van der Waals surface area contributed by atoms with Gasteiger partial charge in [-0.1, -0.05) is 6.92 Å². The van der Waals surface area contributed by atoms with Crippen molar-refractivity contribution in [1.29, 1.82) is 0 Å². The third kappa shape index (κ3) is 3.29. The highest BCUT2D eigenvalue weighted by molar-refractivity contribution is 5.85. The Hall–Kier alpha value is -0.930. The van der Waals surface area contributed by atoms with Crippen LogP contribution in [0.3, 0.4) is 0 Å². The molecule has 1 rings (SSSR count). The van der Waals surface area contributed by atoms with Gasteiger partial charge < -0.3 is 15.2 Å². The van der Waals surface area contributed by atoms with E-state index < -0.39 is 0 Å². The number of benzene rings is 1. The van der Waals surface area contributed by atoms with Crippen LogP contribution in [0.25, 0.3) is 0 Å². The van der Waals surface area contributed by atoms with Gasteiger partial charge in [0.05, 0.1) is 14.2 Å². The first kappa shape index (κ1) is 15.1. The van der Waals surface area contributed by atoms with Gasteiger partial charge >= 0.3 is 0 Å². The van der Waals surface area contributed by atoms with Crippen LogP contribution in [0.2, 0.25) is 0 Å².